The van der Waals surface area contributed by atoms with Gasteiger partial charge in [-0.1, -0.05) is 19.8 Å². The lowest BCUT2D eigenvalue weighted by atomic mass is 9.78. The van der Waals surface area contributed by atoms with Crippen molar-refractivity contribution in [1.82, 2.24) is 5.32 Å². The maximum atomic E-state index is 9.21. The van der Waals surface area contributed by atoms with E-state index in [2.05, 4.69) is 12.2 Å². The quantitative estimate of drug-likeness (QED) is 0.649. The van der Waals surface area contributed by atoms with Crippen LogP contribution in [0.25, 0.3) is 0 Å². The summed E-state index contributed by atoms with van der Waals surface area (Å²) in [5, 5.41) is 12.8. The minimum atomic E-state index is -0.115. The van der Waals surface area contributed by atoms with E-state index in [0.717, 1.165) is 12.8 Å². The molecular formula is C13H28N2O2. The molecule has 1 saturated carbocycles. The molecule has 0 aromatic carbocycles. The van der Waals surface area contributed by atoms with Gasteiger partial charge in [-0.2, -0.15) is 0 Å². The molecule has 1 rings (SSSR count). The Kier molecular flexibility index (Phi) is 5.86. The number of hydrogen-bond acceptors (Lipinski definition) is 4. The molecule has 0 aromatic heterocycles. The summed E-state index contributed by atoms with van der Waals surface area (Å²) in [6.45, 7) is 4.95. The van der Waals surface area contributed by atoms with E-state index in [-0.39, 0.29) is 30.2 Å². The van der Waals surface area contributed by atoms with E-state index in [9.17, 15) is 5.11 Å². The predicted molar refractivity (Wildman–Crippen MR) is 69.9 cm³/mol. The van der Waals surface area contributed by atoms with Gasteiger partial charge in [-0.3, -0.25) is 0 Å². The molecule has 102 valence electrons. The number of aliphatic hydroxyl groups is 1. The Hall–Kier alpha value is -0.160. The molecule has 4 atom stereocenters. The summed E-state index contributed by atoms with van der Waals surface area (Å²) >= 11 is 0. The van der Waals surface area contributed by atoms with Crippen molar-refractivity contribution < 1.29 is 9.84 Å². The van der Waals surface area contributed by atoms with Crippen molar-refractivity contribution in [3.63, 3.8) is 0 Å². The van der Waals surface area contributed by atoms with Gasteiger partial charge in [-0.25, -0.2) is 0 Å². The fourth-order valence-corrected chi connectivity index (χ4v) is 2.76. The summed E-state index contributed by atoms with van der Waals surface area (Å²) in [5.74, 6) is 0.234. The molecule has 4 N–H and O–H groups in total. The molecule has 0 heterocycles. The van der Waals surface area contributed by atoms with Crippen LogP contribution < -0.4 is 11.1 Å². The van der Waals surface area contributed by atoms with Crippen LogP contribution in [0.2, 0.25) is 0 Å². The summed E-state index contributed by atoms with van der Waals surface area (Å²) in [5.41, 5.74) is 5.87. The van der Waals surface area contributed by atoms with Crippen molar-refractivity contribution in [2.45, 2.75) is 57.2 Å². The van der Waals surface area contributed by atoms with Gasteiger partial charge in [0.2, 0.25) is 0 Å². The Morgan fingerprint density at radius 2 is 2.18 bits per heavy atom. The lowest BCUT2D eigenvalue weighted by Crippen LogP contribution is -2.64. The van der Waals surface area contributed by atoms with E-state index >= 15 is 0 Å². The van der Waals surface area contributed by atoms with Gasteiger partial charge >= 0.3 is 0 Å². The zero-order valence-corrected chi connectivity index (χ0v) is 11.4. The summed E-state index contributed by atoms with van der Waals surface area (Å²) in [7, 11) is 1.77. The molecule has 0 aromatic rings. The van der Waals surface area contributed by atoms with Gasteiger partial charge in [0.1, 0.15) is 0 Å². The smallest absolute Gasteiger partial charge is 0.0765 e. The Morgan fingerprint density at radius 3 is 2.71 bits per heavy atom. The first-order valence-corrected chi connectivity index (χ1v) is 6.71. The Labute approximate surface area is 105 Å². The predicted octanol–water partition coefficient (Wildman–Crippen LogP) is 0.879. The largest absolute Gasteiger partial charge is 0.396 e. The fraction of sp³-hybridized carbons (Fsp3) is 1.00. The first-order chi connectivity index (χ1) is 8.09. The first kappa shape index (κ1) is 14.9. The summed E-state index contributed by atoms with van der Waals surface area (Å²) in [6.07, 6.45) is 4.73. The van der Waals surface area contributed by atoms with Crippen LogP contribution >= 0.6 is 0 Å². The normalized spacial score (nSPS) is 33.4. The van der Waals surface area contributed by atoms with Crippen molar-refractivity contribution >= 4 is 0 Å². The van der Waals surface area contributed by atoms with E-state index in [0.29, 0.717) is 6.54 Å². The zero-order valence-electron chi connectivity index (χ0n) is 11.4. The van der Waals surface area contributed by atoms with Crippen LogP contribution in [0.4, 0.5) is 0 Å². The van der Waals surface area contributed by atoms with Crippen LogP contribution in [-0.4, -0.2) is 43.1 Å². The van der Waals surface area contributed by atoms with E-state index in [4.69, 9.17) is 10.5 Å². The van der Waals surface area contributed by atoms with Crippen molar-refractivity contribution in [1.29, 1.82) is 0 Å². The third-order valence-corrected chi connectivity index (χ3v) is 4.26. The Bertz CT molecular complexity index is 225. The fourth-order valence-electron chi connectivity index (χ4n) is 2.76. The van der Waals surface area contributed by atoms with Crippen LogP contribution in [0.15, 0.2) is 0 Å². The molecule has 4 nitrogen and oxygen atoms in total. The first-order valence-electron chi connectivity index (χ1n) is 6.71. The number of hydrogen-bond donors (Lipinski definition) is 3. The molecular weight excluding hydrogens is 216 g/mol. The highest BCUT2D eigenvalue weighted by molar-refractivity contribution is 5.01. The highest BCUT2D eigenvalue weighted by Crippen LogP contribution is 2.30. The second-order valence-corrected chi connectivity index (χ2v) is 5.42. The number of ether oxygens (including phenoxy) is 1. The molecule has 0 aliphatic heterocycles. The lowest BCUT2D eigenvalue weighted by Gasteiger charge is -2.46. The standard InChI is InChI=1S/C13H28N2O2/c1-10(8-16)11(2)15-13(9-14)7-5-4-6-12(13)17-3/h10-12,15-16H,4-9,14H2,1-3H3. The second-order valence-electron chi connectivity index (χ2n) is 5.42. The summed E-state index contributed by atoms with van der Waals surface area (Å²) < 4.78 is 5.61. The van der Waals surface area contributed by atoms with Crippen LogP contribution in [0.3, 0.4) is 0 Å². The van der Waals surface area contributed by atoms with Gasteiger partial charge in [0.25, 0.3) is 0 Å². The molecule has 17 heavy (non-hydrogen) atoms. The number of methoxy groups -OCH3 is 1. The third-order valence-electron chi connectivity index (χ3n) is 4.26. The van der Waals surface area contributed by atoms with E-state index in [1.54, 1.807) is 7.11 Å². The van der Waals surface area contributed by atoms with Crippen LogP contribution in [0.1, 0.15) is 39.5 Å². The van der Waals surface area contributed by atoms with Crippen molar-refractivity contribution in [3.8, 4) is 0 Å². The van der Waals surface area contributed by atoms with Gasteiger partial charge in [0.15, 0.2) is 0 Å². The van der Waals surface area contributed by atoms with Crippen LogP contribution in [-0.2, 0) is 4.74 Å². The van der Waals surface area contributed by atoms with E-state index in [1.165, 1.54) is 12.8 Å². The topological polar surface area (TPSA) is 67.5 Å². The maximum Gasteiger partial charge on any atom is 0.0765 e. The molecule has 0 saturated heterocycles. The number of nitrogens with two attached hydrogens (primary N) is 1. The Morgan fingerprint density at radius 1 is 1.47 bits per heavy atom. The number of aliphatic hydroxyl groups excluding tert-OH is 1. The van der Waals surface area contributed by atoms with Gasteiger partial charge < -0.3 is 20.9 Å². The van der Waals surface area contributed by atoms with Crippen molar-refractivity contribution in [2.75, 3.05) is 20.3 Å². The minimum Gasteiger partial charge on any atom is -0.396 e. The van der Waals surface area contributed by atoms with Crippen LogP contribution in [0, 0.1) is 5.92 Å². The SMILES string of the molecule is COC1CCCCC1(CN)NC(C)C(C)CO. The molecule has 1 aliphatic rings. The maximum absolute atomic E-state index is 9.21. The number of rotatable bonds is 6. The van der Waals surface area contributed by atoms with Crippen molar-refractivity contribution in [2.24, 2.45) is 11.7 Å². The molecule has 0 spiro atoms. The van der Waals surface area contributed by atoms with Crippen LogP contribution in [0.5, 0.6) is 0 Å². The molecule has 4 heteroatoms. The van der Waals surface area contributed by atoms with Gasteiger partial charge in [0, 0.05) is 26.3 Å². The second kappa shape index (κ2) is 6.69. The average molecular weight is 244 g/mol. The van der Waals surface area contributed by atoms with Crippen molar-refractivity contribution in [3.05, 3.63) is 0 Å². The van der Waals surface area contributed by atoms with E-state index < -0.39 is 0 Å². The summed E-state index contributed by atoms with van der Waals surface area (Å²) in [4.78, 5) is 0. The number of nitrogens with one attached hydrogen (secondary N) is 1. The molecule has 0 radical (unpaired) electrons. The zero-order chi connectivity index (χ0) is 12.9. The highest BCUT2D eigenvalue weighted by atomic mass is 16.5. The highest BCUT2D eigenvalue weighted by Gasteiger charge is 2.41. The molecule has 0 bridgehead atoms. The molecule has 4 unspecified atom stereocenters. The third kappa shape index (κ3) is 3.41. The molecule has 0 amide bonds. The molecule has 1 fully saturated rings. The van der Waals surface area contributed by atoms with Gasteiger partial charge in [-0.05, 0) is 25.7 Å². The van der Waals surface area contributed by atoms with E-state index in [1.807, 2.05) is 6.92 Å². The Balaban J connectivity index is 2.71. The average Bonchev–Trinajstić information content (AvgIpc) is 2.38. The van der Waals surface area contributed by atoms with Gasteiger partial charge in [-0.15, -0.1) is 0 Å². The minimum absolute atomic E-state index is 0.115. The summed E-state index contributed by atoms with van der Waals surface area (Å²) in [6, 6.07) is 0.249. The lowest BCUT2D eigenvalue weighted by molar-refractivity contribution is -0.0173. The monoisotopic (exact) mass is 244 g/mol. The van der Waals surface area contributed by atoms with Gasteiger partial charge in [0.05, 0.1) is 11.6 Å². The molecule has 1 aliphatic carbocycles.